The van der Waals surface area contributed by atoms with Crippen molar-refractivity contribution < 1.29 is 9.63 Å². The van der Waals surface area contributed by atoms with Crippen LogP contribution in [0.2, 0.25) is 0 Å². The van der Waals surface area contributed by atoms with E-state index in [-0.39, 0.29) is 6.10 Å². The van der Waals surface area contributed by atoms with E-state index in [9.17, 15) is 5.11 Å². The molecule has 4 rings (SSSR count). The summed E-state index contributed by atoms with van der Waals surface area (Å²) in [5.74, 6) is 0.903. The zero-order chi connectivity index (χ0) is 14.9. The lowest BCUT2D eigenvalue weighted by molar-refractivity contribution is -0.0349. The average molecular weight is 299 g/mol. The Morgan fingerprint density at radius 2 is 1.91 bits per heavy atom. The molecule has 5 heteroatoms. The van der Waals surface area contributed by atoms with Gasteiger partial charge in [0.1, 0.15) is 5.69 Å². The Bertz CT molecular complexity index is 614. The Labute approximate surface area is 130 Å². The molecule has 2 aromatic rings. The third kappa shape index (κ3) is 2.66. The minimum absolute atomic E-state index is 0.131. The highest BCUT2D eigenvalue weighted by Crippen LogP contribution is 2.35. The lowest BCUT2D eigenvalue weighted by Crippen LogP contribution is -2.52. The summed E-state index contributed by atoms with van der Waals surface area (Å²) in [7, 11) is 0. The molecule has 2 fully saturated rings. The molecule has 0 saturated carbocycles. The second kappa shape index (κ2) is 5.82. The van der Waals surface area contributed by atoms with Crippen LogP contribution in [0.4, 0.5) is 0 Å². The summed E-state index contributed by atoms with van der Waals surface area (Å²) >= 11 is 0. The topological polar surface area (TPSA) is 62.4 Å². The number of fused-ring (bicyclic) bond motifs is 2. The summed E-state index contributed by atoms with van der Waals surface area (Å²) in [6.07, 6.45) is 8.81. The van der Waals surface area contributed by atoms with Crippen molar-refractivity contribution in [2.24, 2.45) is 0 Å². The van der Waals surface area contributed by atoms with Gasteiger partial charge in [0.05, 0.1) is 12.6 Å². The van der Waals surface area contributed by atoms with Crippen molar-refractivity contribution in [2.45, 2.75) is 56.8 Å². The molecule has 1 unspecified atom stereocenters. The highest BCUT2D eigenvalue weighted by molar-refractivity contribution is 5.57. The lowest BCUT2D eigenvalue weighted by Gasteiger charge is -2.47. The number of nitrogens with zero attached hydrogens (tertiary/aromatic N) is 3. The SMILES string of the molecule is OC1C[C@H]2CCC[C@@H](C1)N2Cc1cc(-c2ccncc2)no1. The van der Waals surface area contributed by atoms with Crippen LogP contribution in [-0.4, -0.2) is 38.3 Å². The van der Waals surface area contributed by atoms with Crippen LogP contribution in [0.25, 0.3) is 11.3 Å². The molecule has 0 aromatic carbocycles. The summed E-state index contributed by atoms with van der Waals surface area (Å²) in [6, 6.07) is 6.87. The maximum absolute atomic E-state index is 9.98. The van der Waals surface area contributed by atoms with Crippen LogP contribution in [0.15, 0.2) is 35.1 Å². The largest absolute Gasteiger partial charge is 0.393 e. The Kier molecular flexibility index (Phi) is 3.68. The monoisotopic (exact) mass is 299 g/mol. The van der Waals surface area contributed by atoms with Crippen molar-refractivity contribution in [3.8, 4) is 11.3 Å². The summed E-state index contributed by atoms with van der Waals surface area (Å²) in [5.41, 5.74) is 1.89. The predicted molar refractivity (Wildman–Crippen MR) is 81.9 cm³/mol. The van der Waals surface area contributed by atoms with Crippen molar-refractivity contribution in [3.05, 3.63) is 36.4 Å². The Morgan fingerprint density at radius 1 is 1.18 bits per heavy atom. The van der Waals surface area contributed by atoms with Gasteiger partial charge in [0.25, 0.3) is 0 Å². The quantitative estimate of drug-likeness (QED) is 0.944. The first-order valence-electron chi connectivity index (χ1n) is 8.09. The van der Waals surface area contributed by atoms with Gasteiger partial charge in [-0.1, -0.05) is 11.6 Å². The number of pyridine rings is 1. The van der Waals surface area contributed by atoms with Crippen LogP contribution in [0, 0.1) is 0 Å². The fourth-order valence-electron chi connectivity index (χ4n) is 3.93. The molecule has 4 heterocycles. The van der Waals surface area contributed by atoms with Crippen LogP contribution < -0.4 is 0 Å². The van der Waals surface area contributed by atoms with Gasteiger partial charge < -0.3 is 9.63 Å². The van der Waals surface area contributed by atoms with E-state index in [2.05, 4.69) is 15.0 Å². The molecule has 0 amide bonds. The molecule has 3 atom stereocenters. The van der Waals surface area contributed by atoms with E-state index in [1.165, 1.54) is 19.3 Å². The highest BCUT2D eigenvalue weighted by atomic mass is 16.5. The van der Waals surface area contributed by atoms with Crippen LogP contribution in [0.1, 0.15) is 37.9 Å². The van der Waals surface area contributed by atoms with Crippen molar-refractivity contribution in [1.29, 1.82) is 0 Å². The standard InChI is InChI=1S/C17H21N3O2/c21-15-8-13-2-1-3-14(9-15)20(13)11-16-10-17(19-22-16)12-4-6-18-7-5-12/h4-7,10,13-15,21H,1-3,8-9,11H2/t13-,14+,15?. The van der Waals surface area contributed by atoms with Gasteiger partial charge in [0.15, 0.2) is 5.76 Å². The normalized spacial score (nSPS) is 28.7. The number of aliphatic hydroxyl groups excluding tert-OH is 1. The van der Waals surface area contributed by atoms with Gasteiger partial charge in [-0.3, -0.25) is 9.88 Å². The van der Waals surface area contributed by atoms with E-state index >= 15 is 0 Å². The van der Waals surface area contributed by atoms with E-state index in [4.69, 9.17) is 4.52 Å². The minimum atomic E-state index is -0.131. The van der Waals surface area contributed by atoms with E-state index in [1.807, 2.05) is 18.2 Å². The maximum atomic E-state index is 9.98. The predicted octanol–water partition coefficient (Wildman–Crippen LogP) is 2.61. The van der Waals surface area contributed by atoms with Crippen LogP contribution in [0.3, 0.4) is 0 Å². The second-order valence-corrected chi connectivity index (χ2v) is 6.45. The fraction of sp³-hybridized carbons (Fsp3) is 0.529. The number of rotatable bonds is 3. The van der Waals surface area contributed by atoms with Gasteiger partial charge >= 0.3 is 0 Å². The van der Waals surface area contributed by atoms with Crippen LogP contribution in [-0.2, 0) is 6.54 Å². The Morgan fingerprint density at radius 3 is 2.64 bits per heavy atom. The lowest BCUT2D eigenvalue weighted by atomic mass is 9.83. The van der Waals surface area contributed by atoms with Gasteiger partial charge in [-0.25, -0.2) is 0 Å². The second-order valence-electron chi connectivity index (χ2n) is 6.45. The zero-order valence-corrected chi connectivity index (χ0v) is 12.6. The Balaban J connectivity index is 1.51. The van der Waals surface area contributed by atoms with E-state index in [1.54, 1.807) is 12.4 Å². The molecule has 2 aromatic heterocycles. The summed E-state index contributed by atoms with van der Waals surface area (Å²) in [4.78, 5) is 6.53. The highest BCUT2D eigenvalue weighted by Gasteiger charge is 2.37. The van der Waals surface area contributed by atoms with E-state index in [0.717, 1.165) is 36.4 Å². The number of hydrogen-bond donors (Lipinski definition) is 1. The third-order valence-corrected chi connectivity index (χ3v) is 4.97. The molecule has 5 nitrogen and oxygen atoms in total. The average Bonchev–Trinajstić information content (AvgIpc) is 2.98. The van der Waals surface area contributed by atoms with Gasteiger partial charge in [0.2, 0.25) is 0 Å². The third-order valence-electron chi connectivity index (χ3n) is 4.97. The molecule has 2 saturated heterocycles. The van der Waals surface area contributed by atoms with Gasteiger partial charge in [-0.2, -0.15) is 0 Å². The molecular formula is C17H21N3O2. The molecule has 0 radical (unpaired) electrons. The molecule has 116 valence electrons. The molecule has 1 N–H and O–H groups in total. The van der Waals surface area contributed by atoms with E-state index < -0.39 is 0 Å². The smallest absolute Gasteiger partial charge is 0.151 e. The summed E-state index contributed by atoms with van der Waals surface area (Å²) in [5, 5.41) is 14.2. The molecule has 2 bridgehead atoms. The molecule has 0 spiro atoms. The number of aromatic nitrogens is 2. The molecule has 22 heavy (non-hydrogen) atoms. The van der Waals surface area contributed by atoms with Gasteiger partial charge in [-0.05, 0) is 37.8 Å². The number of hydrogen-bond acceptors (Lipinski definition) is 5. The summed E-state index contributed by atoms with van der Waals surface area (Å²) in [6.45, 7) is 0.792. The molecule has 0 aliphatic carbocycles. The first-order valence-corrected chi connectivity index (χ1v) is 8.09. The van der Waals surface area contributed by atoms with Crippen molar-refractivity contribution in [1.82, 2.24) is 15.0 Å². The van der Waals surface area contributed by atoms with Crippen LogP contribution in [0.5, 0.6) is 0 Å². The Hall–Kier alpha value is -1.72. The van der Waals surface area contributed by atoms with Crippen LogP contribution >= 0.6 is 0 Å². The van der Waals surface area contributed by atoms with E-state index in [0.29, 0.717) is 12.1 Å². The van der Waals surface area contributed by atoms with Gasteiger partial charge in [0, 0.05) is 36.1 Å². The van der Waals surface area contributed by atoms with Gasteiger partial charge in [-0.15, -0.1) is 0 Å². The fourth-order valence-corrected chi connectivity index (χ4v) is 3.93. The maximum Gasteiger partial charge on any atom is 0.151 e. The molecule has 2 aliphatic rings. The summed E-state index contributed by atoms with van der Waals surface area (Å²) < 4.78 is 5.54. The van der Waals surface area contributed by atoms with Crippen molar-refractivity contribution >= 4 is 0 Å². The van der Waals surface area contributed by atoms with Crippen molar-refractivity contribution in [2.75, 3.05) is 0 Å². The number of piperidine rings is 2. The van der Waals surface area contributed by atoms with Crippen molar-refractivity contribution in [3.63, 3.8) is 0 Å². The minimum Gasteiger partial charge on any atom is -0.393 e. The first kappa shape index (κ1) is 13.9. The number of aliphatic hydroxyl groups is 1. The first-order chi connectivity index (χ1) is 10.8. The zero-order valence-electron chi connectivity index (χ0n) is 12.6. The molecule has 2 aliphatic heterocycles. The molecular weight excluding hydrogens is 278 g/mol.